The maximum Gasteiger partial charge on any atom is 0.422 e. The number of hydrogen-bond donors (Lipinski definition) is 2. The largest absolute Gasteiger partial charge is 0.468 e. The standard InChI is InChI=1S/C16H25F3N4OS/c1-5-20-14(23-10-15(2,3)25-4)22-9-12-6-7-13(21-8-12)24-11-16(17,18)19/h6-8H,5,9-11H2,1-4H3,(H2,20,22,23). The van der Waals surface area contributed by atoms with Gasteiger partial charge in [-0.05, 0) is 32.6 Å². The number of halogens is 3. The first-order valence-corrected chi connectivity index (χ1v) is 9.09. The molecule has 1 heterocycles. The van der Waals surface area contributed by atoms with Crippen molar-refractivity contribution in [3.8, 4) is 5.88 Å². The summed E-state index contributed by atoms with van der Waals surface area (Å²) in [6.45, 7) is 6.75. The number of thioether (sulfide) groups is 1. The molecule has 0 radical (unpaired) electrons. The second-order valence-corrected chi connectivity index (χ2v) is 7.43. The second kappa shape index (κ2) is 9.74. The quantitative estimate of drug-likeness (QED) is 0.537. The third-order valence-corrected chi connectivity index (χ3v) is 4.43. The molecule has 9 heteroatoms. The minimum Gasteiger partial charge on any atom is -0.468 e. The van der Waals surface area contributed by atoms with Gasteiger partial charge in [0, 0.05) is 30.1 Å². The Balaban J connectivity index is 2.60. The third-order valence-electron chi connectivity index (χ3n) is 3.18. The van der Waals surface area contributed by atoms with Crippen LogP contribution in [-0.2, 0) is 6.54 Å². The highest BCUT2D eigenvalue weighted by Crippen LogP contribution is 2.19. The van der Waals surface area contributed by atoms with E-state index in [0.717, 1.165) is 18.7 Å². The molecule has 0 amide bonds. The number of nitrogens with one attached hydrogen (secondary N) is 2. The van der Waals surface area contributed by atoms with Crippen LogP contribution in [0.25, 0.3) is 0 Å². The highest BCUT2D eigenvalue weighted by molar-refractivity contribution is 7.99. The van der Waals surface area contributed by atoms with Gasteiger partial charge in [0.05, 0.1) is 6.54 Å². The Morgan fingerprint density at radius 3 is 2.52 bits per heavy atom. The van der Waals surface area contributed by atoms with Crippen LogP contribution in [0.1, 0.15) is 26.3 Å². The average Bonchev–Trinajstić information content (AvgIpc) is 2.56. The van der Waals surface area contributed by atoms with Gasteiger partial charge < -0.3 is 15.4 Å². The summed E-state index contributed by atoms with van der Waals surface area (Å²) < 4.78 is 41.0. The van der Waals surface area contributed by atoms with Crippen molar-refractivity contribution in [3.63, 3.8) is 0 Å². The van der Waals surface area contributed by atoms with Gasteiger partial charge in [-0.2, -0.15) is 24.9 Å². The van der Waals surface area contributed by atoms with Gasteiger partial charge in [0.2, 0.25) is 5.88 Å². The maximum absolute atomic E-state index is 12.1. The zero-order valence-electron chi connectivity index (χ0n) is 14.9. The third kappa shape index (κ3) is 9.42. The molecule has 2 N–H and O–H groups in total. The van der Waals surface area contributed by atoms with Gasteiger partial charge in [0.15, 0.2) is 12.6 Å². The molecule has 5 nitrogen and oxygen atoms in total. The van der Waals surface area contributed by atoms with Crippen molar-refractivity contribution in [3.05, 3.63) is 23.9 Å². The lowest BCUT2D eigenvalue weighted by molar-refractivity contribution is -0.154. The van der Waals surface area contributed by atoms with Crippen molar-refractivity contribution in [2.45, 2.75) is 38.2 Å². The predicted octanol–water partition coefficient (Wildman–Crippen LogP) is 3.22. The molecule has 0 bridgehead atoms. The fraction of sp³-hybridized carbons (Fsp3) is 0.625. The fourth-order valence-electron chi connectivity index (χ4n) is 1.63. The topological polar surface area (TPSA) is 58.5 Å². The van der Waals surface area contributed by atoms with E-state index < -0.39 is 12.8 Å². The van der Waals surface area contributed by atoms with E-state index in [1.54, 1.807) is 17.8 Å². The Morgan fingerprint density at radius 1 is 1.28 bits per heavy atom. The molecule has 0 unspecified atom stereocenters. The molecule has 0 aliphatic rings. The lowest BCUT2D eigenvalue weighted by Gasteiger charge is -2.23. The minimum absolute atomic E-state index is 0.0585. The van der Waals surface area contributed by atoms with E-state index in [9.17, 15) is 13.2 Å². The van der Waals surface area contributed by atoms with E-state index in [2.05, 4.69) is 45.5 Å². The summed E-state index contributed by atoms with van der Waals surface area (Å²) >= 11 is 1.76. The Hall–Kier alpha value is -1.64. The van der Waals surface area contributed by atoms with E-state index in [1.807, 2.05) is 6.92 Å². The zero-order chi connectivity index (χ0) is 18.9. The van der Waals surface area contributed by atoms with Crippen molar-refractivity contribution in [2.75, 3.05) is 26.0 Å². The van der Waals surface area contributed by atoms with Crippen LogP contribution in [0, 0.1) is 0 Å². The summed E-state index contributed by atoms with van der Waals surface area (Å²) in [4.78, 5) is 8.33. The first kappa shape index (κ1) is 21.4. The van der Waals surface area contributed by atoms with E-state index in [-0.39, 0.29) is 10.6 Å². The molecule has 25 heavy (non-hydrogen) atoms. The van der Waals surface area contributed by atoms with E-state index in [0.29, 0.717) is 12.5 Å². The van der Waals surface area contributed by atoms with E-state index in [4.69, 9.17) is 0 Å². The van der Waals surface area contributed by atoms with Crippen molar-refractivity contribution in [1.29, 1.82) is 0 Å². The van der Waals surface area contributed by atoms with Gasteiger partial charge in [-0.15, -0.1) is 0 Å². The SMILES string of the molecule is CCNC(=NCc1ccc(OCC(F)(F)F)nc1)NCC(C)(C)SC. The van der Waals surface area contributed by atoms with Crippen LogP contribution < -0.4 is 15.4 Å². The Bertz CT molecular complexity index is 547. The monoisotopic (exact) mass is 378 g/mol. The summed E-state index contributed by atoms with van der Waals surface area (Å²) in [6, 6.07) is 3.06. The molecule has 1 rings (SSSR count). The lowest BCUT2D eigenvalue weighted by atomic mass is 10.2. The molecular weight excluding hydrogens is 353 g/mol. The highest BCUT2D eigenvalue weighted by Gasteiger charge is 2.28. The second-order valence-electron chi connectivity index (χ2n) is 5.92. The molecule has 0 aromatic carbocycles. The number of aromatic nitrogens is 1. The van der Waals surface area contributed by atoms with Gasteiger partial charge in [0.25, 0.3) is 0 Å². The van der Waals surface area contributed by atoms with Gasteiger partial charge in [-0.3, -0.25) is 0 Å². The summed E-state index contributed by atoms with van der Waals surface area (Å²) in [5.74, 6) is 0.624. The van der Waals surface area contributed by atoms with Gasteiger partial charge in [-0.25, -0.2) is 9.98 Å². The molecule has 0 fully saturated rings. The van der Waals surface area contributed by atoms with Gasteiger partial charge in [0.1, 0.15) is 0 Å². The van der Waals surface area contributed by atoms with Crippen molar-refractivity contribution >= 4 is 17.7 Å². The van der Waals surface area contributed by atoms with Crippen LogP contribution in [-0.4, -0.2) is 47.8 Å². The first-order valence-electron chi connectivity index (χ1n) is 7.87. The van der Waals surface area contributed by atoms with Gasteiger partial charge >= 0.3 is 6.18 Å². The molecule has 142 valence electrons. The smallest absolute Gasteiger partial charge is 0.422 e. The zero-order valence-corrected chi connectivity index (χ0v) is 15.7. The number of alkyl halides is 3. The molecule has 0 saturated carbocycles. The van der Waals surface area contributed by atoms with Crippen LogP contribution in [0.15, 0.2) is 23.3 Å². The summed E-state index contributed by atoms with van der Waals surface area (Å²) in [7, 11) is 0. The Labute approximate surface area is 150 Å². The minimum atomic E-state index is -4.37. The number of ether oxygens (including phenoxy) is 1. The first-order chi connectivity index (χ1) is 11.6. The fourth-order valence-corrected chi connectivity index (χ4v) is 1.84. The van der Waals surface area contributed by atoms with Gasteiger partial charge in [-0.1, -0.05) is 6.07 Å². The number of pyridine rings is 1. The van der Waals surface area contributed by atoms with Crippen LogP contribution >= 0.6 is 11.8 Å². The molecule has 0 saturated heterocycles. The van der Waals surface area contributed by atoms with Crippen molar-refractivity contribution in [2.24, 2.45) is 4.99 Å². The summed E-state index contributed by atoms with van der Waals surface area (Å²) in [5, 5.41) is 6.44. The van der Waals surface area contributed by atoms with E-state index >= 15 is 0 Å². The molecule has 0 spiro atoms. The molecule has 0 atom stereocenters. The Kier molecular flexibility index (Phi) is 8.34. The van der Waals surface area contributed by atoms with E-state index in [1.165, 1.54) is 12.3 Å². The normalized spacial score (nSPS) is 12.8. The number of hydrogen-bond acceptors (Lipinski definition) is 4. The number of guanidine groups is 1. The summed E-state index contributed by atoms with van der Waals surface area (Å²) in [5.41, 5.74) is 0.778. The lowest BCUT2D eigenvalue weighted by Crippen LogP contribution is -2.43. The molecular formula is C16H25F3N4OS. The summed E-state index contributed by atoms with van der Waals surface area (Å²) in [6.07, 6.45) is -0.855. The van der Waals surface area contributed by atoms with Crippen LogP contribution in [0.2, 0.25) is 0 Å². The van der Waals surface area contributed by atoms with Crippen LogP contribution in [0.4, 0.5) is 13.2 Å². The predicted molar refractivity (Wildman–Crippen MR) is 96.2 cm³/mol. The molecule has 1 aromatic rings. The van der Waals surface area contributed by atoms with Crippen LogP contribution in [0.5, 0.6) is 5.88 Å². The maximum atomic E-state index is 12.1. The average molecular weight is 378 g/mol. The number of rotatable bonds is 8. The molecule has 1 aromatic heterocycles. The molecule has 0 aliphatic heterocycles. The van der Waals surface area contributed by atoms with Crippen molar-refractivity contribution in [1.82, 2.24) is 15.6 Å². The number of aliphatic imine (C=N–C) groups is 1. The Morgan fingerprint density at radius 2 is 2.00 bits per heavy atom. The van der Waals surface area contributed by atoms with Crippen molar-refractivity contribution < 1.29 is 17.9 Å². The highest BCUT2D eigenvalue weighted by atomic mass is 32.2. The van der Waals surface area contributed by atoms with Crippen LogP contribution in [0.3, 0.4) is 0 Å². The number of nitrogens with zero attached hydrogens (tertiary/aromatic N) is 2. The molecule has 0 aliphatic carbocycles.